The standard InChI is InChI=1S/C15H21BrN2O2/c1-17(2)15(7-4-8-15)10-18(3)13-9-11(16)5-6-12(13)14(19)20/h5-6,9H,4,7-8,10H2,1-3H3,(H,19,20). The van der Waals surface area contributed by atoms with Crippen molar-refractivity contribution in [2.24, 2.45) is 0 Å². The van der Waals surface area contributed by atoms with Crippen LogP contribution in [-0.4, -0.2) is 49.2 Å². The molecule has 110 valence electrons. The summed E-state index contributed by atoms with van der Waals surface area (Å²) in [6.45, 7) is 0.844. The van der Waals surface area contributed by atoms with Gasteiger partial charge in [0, 0.05) is 23.6 Å². The maximum Gasteiger partial charge on any atom is 0.337 e. The van der Waals surface area contributed by atoms with E-state index in [4.69, 9.17) is 0 Å². The van der Waals surface area contributed by atoms with Gasteiger partial charge in [-0.1, -0.05) is 15.9 Å². The predicted octanol–water partition coefficient (Wildman–Crippen LogP) is 3.07. The summed E-state index contributed by atoms with van der Waals surface area (Å²) in [7, 11) is 6.18. The van der Waals surface area contributed by atoms with Crippen LogP contribution in [0.3, 0.4) is 0 Å². The molecule has 2 rings (SSSR count). The van der Waals surface area contributed by atoms with Gasteiger partial charge in [-0.2, -0.15) is 0 Å². The Labute approximate surface area is 128 Å². The van der Waals surface area contributed by atoms with Crippen molar-refractivity contribution in [2.45, 2.75) is 24.8 Å². The molecule has 0 aliphatic heterocycles. The molecule has 1 aromatic rings. The number of aromatic carboxylic acids is 1. The largest absolute Gasteiger partial charge is 0.478 e. The highest BCUT2D eigenvalue weighted by Gasteiger charge is 2.40. The first-order valence-corrected chi connectivity index (χ1v) is 7.56. The van der Waals surface area contributed by atoms with Gasteiger partial charge in [-0.25, -0.2) is 4.79 Å². The number of carboxylic acids is 1. The SMILES string of the molecule is CN(CC1(N(C)C)CCC1)c1cc(Br)ccc1C(=O)O. The molecule has 1 aliphatic rings. The van der Waals surface area contributed by atoms with Gasteiger partial charge < -0.3 is 14.9 Å². The minimum atomic E-state index is -0.883. The lowest BCUT2D eigenvalue weighted by molar-refractivity contribution is 0.0670. The maximum atomic E-state index is 11.4. The molecule has 0 unspecified atom stereocenters. The van der Waals surface area contributed by atoms with E-state index in [0.717, 1.165) is 16.7 Å². The first-order chi connectivity index (χ1) is 9.35. The molecule has 0 atom stereocenters. The summed E-state index contributed by atoms with van der Waals surface area (Å²) in [6.07, 6.45) is 3.58. The van der Waals surface area contributed by atoms with E-state index < -0.39 is 5.97 Å². The van der Waals surface area contributed by atoms with Crippen LogP contribution < -0.4 is 4.90 Å². The molecule has 1 aromatic carbocycles. The molecule has 1 N–H and O–H groups in total. The molecule has 0 saturated heterocycles. The number of nitrogens with zero attached hydrogens (tertiary/aromatic N) is 2. The Morgan fingerprint density at radius 2 is 2.00 bits per heavy atom. The van der Waals surface area contributed by atoms with E-state index in [1.54, 1.807) is 12.1 Å². The maximum absolute atomic E-state index is 11.4. The zero-order valence-electron chi connectivity index (χ0n) is 12.2. The van der Waals surface area contributed by atoms with E-state index >= 15 is 0 Å². The van der Waals surface area contributed by atoms with Gasteiger partial charge in [0.05, 0.1) is 11.3 Å². The number of anilines is 1. The Morgan fingerprint density at radius 1 is 1.35 bits per heavy atom. The first-order valence-electron chi connectivity index (χ1n) is 6.77. The molecule has 0 amide bonds. The summed E-state index contributed by atoms with van der Waals surface area (Å²) in [5.74, 6) is -0.883. The predicted molar refractivity (Wildman–Crippen MR) is 84.6 cm³/mol. The van der Waals surface area contributed by atoms with Crippen LogP contribution in [0.4, 0.5) is 5.69 Å². The number of carboxylic acid groups (broad SMARTS) is 1. The molecule has 0 heterocycles. The van der Waals surface area contributed by atoms with Crippen molar-refractivity contribution < 1.29 is 9.90 Å². The van der Waals surface area contributed by atoms with Crippen LogP contribution in [-0.2, 0) is 0 Å². The van der Waals surface area contributed by atoms with E-state index in [2.05, 4.69) is 39.8 Å². The highest BCUT2D eigenvalue weighted by atomic mass is 79.9. The fraction of sp³-hybridized carbons (Fsp3) is 0.533. The van der Waals surface area contributed by atoms with Crippen LogP contribution in [0.25, 0.3) is 0 Å². The van der Waals surface area contributed by atoms with E-state index in [-0.39, 0.29) is 5.54 Å². The third kappa shape index (κ3) is 2.83. The Hall–Kier alpha value is -1.07. The molecule has 0 bridgehead atoms. The fourth-order valence-corrected chi connectivity index (χ4v) is 3.21. The normalized spacial score (nSPS) is 16.9. The third-order valence-corrected chi connectivity index (χ3v) is 4.86. The van der Waals surface area contributed by atoms with E-state index in [0.29, 0.717) is 5.56 Å². The summed E-state index contributed by atoms with van der Waals surface area (Å²) < 4.78 is 0.900. The molecule has 20 heavy (non-hydrogen) atoms. The molecular weight excluding hydrogens is 320 g/mol. The van der Waals surface area contributed by atoms with Crippen molar-refractivity contribution in [3.63, 3.8) is 0 Å². The molecule has 1 saturated carbocycles. The molecule has 0 spiro atoms. The van der Waals surface area contributed by atoms with E-state index in [1.807, 2.05) is 13.1 Å². The lowest BCUT2D eigenvalue weighted by Crippen LogP contribution is -2.56. The molecule has 0 aromatic heterocycles. The molecule has 5 heteroatoms. The second-order valence-electron chi connectivity index (χ2n) is 5.80. The van der Waals surface area contributed by atoms with Crippen molar-refractivity contribution in [2.75, 3.05) is 32.6 Å². The zero-order chi connectivity index (χ0) is 14.9. The van der Waals surface area contributed by atoms with E-state index in [1.165, 1.54) is 19.3 Å². The van der Waals surface area contributed by atoms with Gasteiger partial charge in [-0.3, -0.25) is 0 Å². The summed E-state index contributed by atoms with van der Waals surface area (Å²) in [6, 6.07) is 5.30. The highest BCUT2D eigenvalue weighted by Crippen LogP contribution is 2.38. The molecular formula is C15H21BrN2O2. The molecule has 0 radical (unpaired) electrons. The first kappa shape index (κ1) is 15.3. The Balaban J connectivity index is 2.27. The Bertz CT molecular complexity index is 513. The monoisotopic (exact) mass is 340 g/mol. The average Bonchev–Trinajstić information content (AvgIpc) is 2.32. The van der Waals surface area contributed by atoms with Crippen LogP contribution in [0.5, 0.6) is 0 Å². The smallest absolute Gasteiger partial charge is 0.337 e. The van der Waals surface area contributed by atoms with Gasteiger partial charge >= 0.3 is 5.97 Å². The van der Waals surface area contributed by atoms with Gasteiger partial charge in [0.1, 0.15) is 0 Å². The van der Waals surface area contributed by atoms with Crippen molar-refractivity contribution in [1.29, 1.82) is 0 Å². The molecule has 4 nitrogen and oxygen atoms in total. The van der Waals surface area contributed by atoms with Crippen LogP contribution in [0.2, 0.25) is 0 Å². The van der Waals surface area contributed by atoms with E-state index in [9.17, 15) is 9.90 Å². The fourth-order valence-electron chi connectivity index (χ4n) is 2.86. The second-order valence-corrected chi connectivity index (χ2v) is 6.71. The van der Waals surface area contributed by atoms with Crippen LogP contribution in [0, 0.1) is 0 Å². The van der Waals surface area contributed by atoms with Gasteiger partial charge in [0.25, 0.3) is 0 Å². The van der Waals surface area contributed by atoms with Gasteiger partial charge in [0.15, 0.2) is 0 Å². The molecule has 1 fully saturated rings. The summed E-state index contributed by atoms with van der Waals surface area (Å²) in [4.78, 5) is 15.7. The zero-order valence-corrected chi connectivity index (χ0v) is 13.8. The lowest BCUT2D eigenvalue weighted by atomic mass is 9.75. The second kappa shape index (κ2) is 5.74. The summed E-state index contributed by atoms with van der Waals surface area (Å²) >= 11 is 3.42. The number of halogens is 1. The minimum Gasteiger partial charge on any atom is -0.478 e. The van der Waals surface area contributed by atoms with Crippen molar-refractivity contribution in [3.05, 3.63) is 28.2 Å². The number of carbonyl (C=O) groups is 1. The summed E-state index contributed by atoms with van der Waals surface area (Å²) in [5.41, 5.74) is 1.29. The van der Waals surface area contributed by atoms with Crippen molar-refractivity contribution >= 4 is 27.6 Å². The van der Waals surface area contributed by atoms with Crippen molar-refractivity contribution in [1.82, 2.24) is 4.90 Å². The Kier molecular flexibility index (Phi) is 4.39. The summed E-state index contributed by atoms with van der Waals surface area (Å²) in [5, 5.41) is 9.33. The number of likely N-dealkylation sites (N-methyl/N-ethyl adjacent to an activating group) is 2. The quantitative estimate of drug-likeness (QED) is 0.894. The highest BCUT2D eigenvalue weighted by molar-refractivity contribution is 9.10. The molecule has 1 aliphatic carbocycles. The number of hydrogen-bond acceptors (Lipinski definition) is 3. The minimum absolute atomic E-state index is 0.173. The number of benzene rings is 1. The Morgan fingerprint density at radius 3 is 2.45 bits per heavy atom. The van der Waals surface area contributed by atoms with Gasteiger partial charge in [-0.15, -0.1) is 0 Å². The van der Waals surface area contributed by atoms with Gasteiger partial charge in [-0.05, 0) is 51.6 Å². The van der Waals surface area contributed by atoms with Gasteiger partial charge in [0.2, 0.25) is 0 Å². The van der Waals surface area contributed by atoms with Crippen molar-refractivity contribution in [3.8, 4) is 0 Å². The lowest BCUT2D eigenvalue weighted by Gasteiger charge is -2.49. The topological polar surface area (TPSA) is 43.8 Å². The van der Waals surface area contributed by atoms with Crippen LogP contribution in [0.1, 0.15) is 29.6 Å². The number of hydrogen-bond donors (Lipinski definition) is 1. The third-order valence-electron chi connectivity index (χ3n) is 4.37. The number of rotatable bonds is 5. The van der Waals surface area contributed by atoms with Crippen LogP contribution in [0.15, 0.2) is 22.7 Å². The van der Waals surface area contributed by atoms with Crippen LogP contribution >= 0.6 is 15.9 Å². The average molecular weight is 341 g/mol.